The van der Waals surface area contributed by atoms with Crippen LogP contribution in [0.3, 0.4) is 0 Å². The van der Waals surface area contributed by atoms with Crippen LogP contribution >= 0.6 is 0 Å². The average molecular weight is 228 g/mol. The zero-order valence-electron chi connectivity index (χ0n) is 10.4. The van der Waals surface area contributed by atoms with Crippen LogP contribution in [0.15, 0.2) is 0 Å². The van der Waals surface area contributed by atoms with Crippen LogP contribution in [0.1, 0.15) is 39.5 Å². The van der Waals surface area contributed by atoms with Crippen molar-refractivity contribution in [1.29, 1.82) is 0 Å². The van der Waals surface area contributed by atoms with Crippen LogP contribution in [0, 0.1) is 5.92 Å². The highest BCUT2D eigenvalue weighted by atomic mass is 16.5. The summed E-state index contributed by atoms with van der Waals surface area (Å²) in [4.78, 5) is 11.6. The van der Waals surface area contributed by atoms with Crippen molar-refractivity contribution in [3.63, 3.8) is 0 Å². The Kier molecular flexibility index (Phi) is 5.77. The van der Waals surface area contributed by atoms with Crippen molar-refractivity contribution in [3.8, 4) is 0 Å². The topological polar surface area (TPSA) is 64.4 Å². The summed E-state index contributed by atoms with van der Waals surface area (Å²) in [5, 5.41) is 3.05. The van der Waals surface area contributed by atoms with Crippen molar-refractivity contribution >= 4 is 5.91 Å². The Morgan fingerprint density at radius 3 is 2.62 bits per heavy atom. The lowest BCUT2D eigenvalue weighted by Gasteiger charge is -2.28. The predicted molar refractivity (Wildman–Crippen MR) is 64.0 cm³/mol. The molecule has 3 N–H and O–H groups in total. The Bertz CT molecular complexity index is 213. The van der Waals surface area contributed by atoms with E-state index in [1.807, 2.05) is 6.92 Å². The van der Waals surface area contributed by atoms with Gasteiger partial charge in [0.2, 0.25) is 5.91 Å². The van der Waals surface area contributed by atoms with Crippen molar-refractivity contribution in [2.45, 2.75) is 51.6 Å². The van der Waals surface area contributed by atoms with Crippen molar-refractivity contribution < 1.29 is 9.53 Å². The Balaban J connectivity index is 2.21. The van der Waals surface area contributed by atoms with Crippen molar-refractivity contribution in [1.82, 2.24) is 5.32 Å². The van der Waals surface area contributed by atoms with Gasteiger partial charge in [-0.3, -0.25) is 4.79 Å². The van der Waals surface area contributed by atoms with Crippen LogP contribution in [0.25, 0.3) is 0 Å². The van der Waals surface area contributed by atoms with Crippen LogP contribution < -0.4 is 11.1 Å². The molecule has 1 aliphatic heterocycles. The van der Waals surface area contributed by atoms with Gasteiger partial charge in [-0.05, 0) is 39.0 Å². The van der Waals surface area contributed by atoms with E-state index in [1.165, 1.54) is 0 Å². The summed E-state index contributed by atoms with van der Waals surface area (Å²) in [7, 11) is 0. The summed E-state index contributed by atoms with van der Waals surface area (Å²) in [6, 6.07) is 0.355. The van der Waals surface area contributed by atoms with Crippen LogP contribution in [-0.2, 0) is 9.53 Å². The molecule has 0 aromatic heterocycles. The lowest BCUT2D eigenvalue weighted by atomic mass is 9.93. The first-order chi connectivity index (χ1) is 7.59. The number of nitrogens with two attached hydrogens (primary N) is 1. The van der Waals surface area contributed by atoms with E-state index in [2.05, 4.69) is 12.2 Å². The maximum atomic E-state index is 11.6. The van der Waals surface area contributed by atoms with Gasteiger partial charge in [0.25, 0.3) is 0 Å². The molecule has 4 nitrogen and oxygen atoms in total. The molecule has 1 rings (SSSR count). The smallest absolute Gasteiger partial charge is 0.220 e. The van der Waals surface area contributed by atoms with E-state index in [1.54, 1.807) is 0 Å². The second-order valence-electron chi connectivity index (χ2n) is 4.82. The third-order valence-corrected chi connectivity index (χ3v) is 3.19. The molecule has 1 fully saturated rings. The molecule has 1 saturated heterocycles. The minimum absolute atomic E-state index is 0.101. The average Bonchev–Trinajstić information content (AvgIpc) is 2.27. The van der Waals surface area contributed by atoms with E-state index in [9.17, 15) is 4.79 Å². The Labute approximate surface area is 97.9 Å². The van der Waals surface area contributed by atoms with Gasteiger partial charge in [-0.1, -0.05) is 0 Å². The minimum Gasteiger partial charge on any atom is -0.381 e. The highest BCUT2D eigenvalue weighted by Gasteiger charge is 2.21. The molecular weight excluding hydrogens is 204 g/mol. The van der Waals surface area contributed by atoms with E-state index in [4.69, 9.17) is 10.5 Å². The van der Waals surface area contributed by atoms with E-state index in [0.29, 0.717) is 12.3 Å². The maximum absolute atomic E-state index is 11.6. The van der Waals surface area contributed by atoms with Crippen LogP contribution in [-0.4, -0.2) is 31.2 Å². The molecule has 2 unspecified atom stereocenters. The van der Waals surface area contributed by atoms with Gasteiger partial charge >= 0.3 is 0 Å². The first-order valence-electron chi connectivity index (χ1n) is 6.22. The molecule has 1 amide bonds. The van der Waals surface area contributed by atoms with Crippen LogP contribution in [0.4, 0.5) is 0 Å². The zero-order chi connectivity index (χ0) is 12.0. The molecule has 1 heterocycles. The lowest BCUT2D eigenvalue weighted by molar-refractivity contribution is -0.122. The normalized spacial score (nSPS) is 21.4. The van der Waals surface area contributed by atoms with E-state index >= 15 is 0 Å². The molecule has 1 aliphatic rings. The van der Waals surface area contributed by atoms with Crippen LogP contribution in [0.5, 0.6) is 0 Å². The molecule has 0 bridgehead atoms. The van der Waals surface area contributed by atoms with E-state index in [-0.39, 0.29) is 18.0 Å². The summed E-state index contributed by atoms with van der Waals surface area (Å²) in [6.07, 6.45) is 3.39. The lowest BCUT2D eigenvalue weighted by Crippen LogP contribution is -2.40. The van der Waals surface area contributed by atoms with Gasteiger partial charge in [-0.25, -0.2) is 0 Å². The fourth-order valence-corrected chi connectivity index (χ4v) is 2.02. The fourth-order valence-electron chi connectivity index (χ4n) is 2.02. The summed E-state index contributed by atoms with van der Waals surface area (Å²) in [6.45, 7) is 5.66. The van der Waals surface area contributed by atoms with Gasteiger partial charge in [-0.2, -0.15) is 0 Å². The molecule has 16 heavy (non-hydrogen) atoms. The standard InChI is InChI=1S/C12H24N2O2/c1-9(13)3-4-12(15)14-10(2)11-5-7-16-8-6-11/h9-11H,3-8,13H2,1-2H3,(H,14,15). The SMILES string of the molecule is CC(N)CCC(=O)NC(C)C1CCOCC1. The summed E-state index contributed by atoms with van der Waals surface area (Å²) in [5.41, 5.74) is 5.62. The molecule has 0 spiro atoms. The fraction of sp³-hybridized carbons (Fsp3) is 0.917. The first-order valence-corrected chi connectivity index (χ1v) is 6.22. The predicted octanol–water partition coefficient (Wildman–Crippen LogP) is 1.05. The van der Waals surface area contributed by atoms with Gasteiger partial charge in [0.05, 0.1) is 0 Å². The van der Waals surface area contributed by atoms with E-state index < -0.39 is 0 Å². The van der Waals surface area contributed by atoms with Gasteiger partial charge in [0, 0.05) is 31.7 Å². The third kappa shape index (κ3) is 4.94. The maximum Gasteiger partial charge on any atom is 0.220 e. The highest BCUT2D eigenvalue weighted by molar-refractivity contribution is 5.76. The van der Waals surface area contributed by atoms with Crippen molar-refractivity contribution in [3.05, 3.63) is 0 Å². The Hall–Kier alpha value is -0.610. The Morgan fingerprint density at radius 1 is 1.44 bits per heavy atom. The number of amides is 1. The minimum atomic E-state index is 0.101. The second kappa shape index (κ2) is 6.86. The molecule has 0 aromatic rings. The quantitative estimate of drug-likeness (QED) is 0.739. The van der Waals surface area contributed by atoms with Crippen molar-refractivity contribution in [2.75, 3.05) is 13.2 Å². The summed E-state index contributed by atoms with van der Waals surface area (Å²) < 4.78 is 5.30. The van der Waals surface area contributed by atoms with Gasteiger partial charge in [0.1, 0.15) is 0 Å². The number of hydrogen-bond acceptors (Lipinski definition) is 3. The molecule has 2 atom stereocenters. The zero-order valence-corrected chi connectivity index (χ0v) is 10.4. The number of ether oxygens (including phenoxy) is 1. The van der Waals surface area contributed by atoms with Gasteiger partial charge in [-0.15, -0.1) is 0 Å². The number of carbonyl (C=O) groups excluding carboxylic acids is 1. The first kappa shape index (κ1) is 13.5. The number of carbonyl (C=O) groups is 1. The number of nitrogens with one attached hydrogen (secondary N) is 1. The van der Waals surface area contributed by atoms with Gasteiger partial charge in [0.15, 0.2) is 0 Å². The third-order valence-electron chi connectivity index (χ3n) is 3.19. The highest BCUT2D eigenvalue weighted by Crippen LogP contribution is 2.18. The molecule has 4 heteroatoms. The Morgan fingerprint density at radius 2 is 2.06 bits per heavy atom. The van der Waals surface area contributed by atoms with Crippen molar-refractivity contribution in [2.24, 2.45) is 11.7 Å². The molecule has 94 valence electrons. The number of rotatable bonds is 5. The molecular formula is C12H24N2O2. The molecule has 0 aromatic carbocycles. The molecule has 0 radical (unpaired) electrons. The molecule has 0 saturated carbocycles. The van der Waals surface area contributed by atoms with Crippen LogP contribution in [0.2, 0.25) is 0 Å². The number of hydrogen-bond donors (Lipinski definition) is 2. The largest absolute Gasteiger partial charge is 0.381 e. The second-order valence-corrected chi connectivity index (χ2v) is 4.82. The van der Waals surface area contributed by atoms with E-state index in [0.717, 1.165) is 32.5 Å². The van der Waals surface area contributed by atoms with Gasteiger partial charge < -0.3 is 15.8 Å². The monoisotopic (exact) mass is 228 g/mol. The summed E-state index contributed by atoms with van der Waals surface area (Å²) >= 11 is 0. The summed E-state index contributed by atoms with van der Waals surface area (Å²) in [5.74, 6) is 0.685. The molecule has 0 aliphatic carbocycles.